The lowest BCUT2D eigenvalue weighted by molar-refractivity contribution is -0.150. The molecule has 2 aliphatic heterocycles. The van der Waals surface area contributed by atoms with Gasteiger partial charge in [0, 0.05) is 29.2 Å². The van der Waals surface area contributed by atoms with Crippen LogP contribution in [0.4, 0.5) is 21.9 Å². The topological polar surface area (TPSA) is 158 Å². The third kappa shape index (κ3) is 4.64. The van der Waals surface area contributed by atoms with Crippen LogP contribution in [-0.4, -0.2) is 67.4 Å². The maximum Gasteiger partial charge on any atom is 0.414 e. The molecular formula is C22H23N5O6. The Morgan fingerprint density at radius 2 is 1.64 bits per heavy atom. The number of morpholine rings is 1. The molecule has 1 unspecified atom stereocenters. The normalized spacial score (nSPS) is 19.2. The van der Waals surface area contributed by atoms with Crippen molar-refractivity contribution in [3.05, 3.63) is 54.1 Å². The van der Waals surface area contributed by atoms with Crippen LogP contribution in [0.5, 0.6) is 0 Å². The minimum atomic E-state index is -1.73. The van der Waals surface area contributed by atoms with Crippen molar-refractivity contribution in [3.63, 3.8) is 0 Å². The molecule has 2 aromatic rings. The SMILES string of the molecule is N=C(N)c1ccc(NC(=O)C(O)[C@H]2OCCN(c3ccc(N4CCOC4=O)cc3)C2=O)cc1. The Bertz CT molecular complexity index is 1070. The summed E-state index contributed by atoms with van der Waals surface area (Å²) >= 11 is 0. The molecule has 2 heterocycles. The van der Waals surface area contributed by atoms with Crippen LogP contribution in [0.3, 0.4) is 0 Å². The average Bonchev–Trinajstić information content (AvgIpc) is 3.25. The first kappa shape index (κ1) is 22.2. The van der Waals surface area contributed by atoms with Crippen LogP contribution in [0.15, 0.2) is 48.5 Å². The van der Waals surface area contributed by atoms with E-state index in [9.17, 15) is 19.5 Å². The van der Waals surface area contributed by atoms with Gasteiger partial charge in [-0.3, -0.25) is 19.9 Å². The number of nitrogens with two attached hydrogens (primary N) is 1. The number of hydrogen-bond donors (Lipinski definition) is 4. The molecule has 0 bridgehead atoms. The van der Waals surface area contributed by atoms with Crippen LogP contribution in [0.25, 0.3) is 0 Å². The number of cyclic esters (lactones) is 1. The smallest absolute Gasteiger partial charge is 0.414 e. The lowest BCUT2D eigenvalue weighted by Gasteiger charge is -2.34. The molecule has 5 N–H and O–H groups in total. The zero-order chi connectivity index (χ0) is 23.5. The summed E-state index contributed by atoms with van der Waals surface area (Å²) < 4.78 is 10.3. The maximum absolute atomic E-state index is 13.0. The number of aliphatic hydroxyl groups excluding tert-OH is 1. The molecule has 33 heavy (non-hydrogen) atoms. The summed E-state index contributed by atoms with van der Waals surface area (Å²) in [5.41, 5.74) is 7.47. The quantitative estimate of drug-likeness (QED) is 0.369. The largest absolute Gasteiger partial charge is 0.447 e. The average molecular weight is 453 g/mol. The highest BCUT2D eigenvalue weighted by Gasteiger charge is 2.39. The van der Waals surface area contributed by atoms with Crippen LogP contribution >= 0.6 is 0 Å². The summed E-state index contributed by atoms with van der Waals surface area (Å²) in [6, 6.07) is 13.0. The van der Waals surface area contributed by atoms with Gasteiger partial charge in [0.25, 0.3) is 11.8 Å². The number of rotatable bonds is 6. The number of ether oxygens (including phenoxy) is 2. The van der Waals surface area contributed by atoms with E-state index in [1.54, 1.807) is 36.4 Å². The third-order valence-electron chi connectivity index (χ3n) is 5.37. The number of nitrogen functional groups attached to an aromatic ring is 1. The van der Waals surface area contributed by atoms with E-state index in [-0.39, 0.29) is 19.0 Å². The lowest BCUT2D eigenvalue weighted by Crippen LogP contribution is -2.55. The van der Waals surface area contributed by atoms with E-state index in [0.717, 1.165) is 0 Å². The second-order valence-corrected chi connectivity index (χ2v) is 7.49. The van der Waals surface area contributed by atoms with Crippen molar-refractivity contribution in [2.75, 3.05) is 41.4 Å². The summed E-state index contributed by atoms with van der Waals surface area (Å²) in [5, 5.41) is 20.4. The number of benzene rings is 2. The van der Waals surface area contributed by atoms with Gasteiger partial charge in [-0.05, 0) is 48.5 Å². The van der Waals surface area contributed by atoms with Crippen molar-refractivity contribution in [1.82, 2.24) is 0 Å². The Labute approximate surface area is 189 Å². The van der Waals surface area contributed by atoms with E-state index >= 15 is 0 Å². The van der Waals surface area contributed by atoms with Crippen molar-refractivity contribution in [1.29, 1.82) is 5.41 Å². The number of amidine groups is 1. The number of aliphatic hydroxyl groups is 1. The van der Waals surface area contributed by atoms with Crippen molar-refractivity contribution in [2.24, 2.45) is 5.73 Å². The van der Waals surface area contributed by atoms with Crippen molar-refractivity contribution < 1.29 is 29.0 Å². The van der Waals surface area contributed by atoms with Crippen LogP contribution < -0.4 is 20.9 Å². The molecule has 172 valence electrons. The fourth-order valence-electron chi connectivity index (χ4n) is 3.62. The number of nitrogens with one attached hydrogen (secondary N) is 2. The van der Waals surface area contributed by atoms with E-state index in [0.29, 0.717) is 35.8 Å². The van der Waals surface area contributed by atoms with Crippen LogP contribution in [0.1, 0.15) is 5.56 Å². The summed E-state index contributed by atoms with van der Waals surface area (Å²) in [5.74, 6) is -1.46. The Morgan fingerprint density at radius 3 is 2.21 bits per heavy atom. The van der Waals surface area contributed by atoms with Gasteiger partial charge in [-0.25, -0.2) is 4.79 Å². The van der Waals surface area contributed by atoms with E-state index in [1.807, 2.05) is 0 Å². The van der Waals surface area contributed by atoms with Gasteiger partial charge in [-0.1, -0.05) is 0 Å². The second kappa shape index (κ2) is 9.27. The van der Waals surface area contributed by atoms with Gasteiger partial charge in [0.2, 0.25) is 0 Å². The fraction of sp³-hybridized carbons (Fsp3) is 0.273. The predicted molar refractivity (Wildman–Crippen MR) is 119 cm³/mol. The maximum atomic E-state index is 13.0. The molecular weight excluding hydrogens is 430 g/mol. The highest BCUT2D eigenvalue weighted by atomic mass is 16.6. The minimum absolute atomic E-state index is 0.109. The fourth-order valence-corrected chi connectivity index (χ4v) is 3.62. The zero-order valence-corrected chi connectivity index (χ0v) is 17.6. The lowest BCUT2D eigenvalue weighted by atomic mass is 10.1. The third-order valence-corrected chi connectivity index (χ3v) is 5.37. The molecule has 0 spiro atoms. The highest BCUT2D eigenvalue weighted by molar-refractivity contribution is 6.04. The van der Waals surface area contributed by atoms with Crippen molar-refractivity contribution in [2.45, 2.75) is 12.2 Å². The molecule has 0 radical (unpaired) electrons. The molecule has 2 aliphatic rings. The van der Waals surface area contributed by atoms with Gasteiger partial charge in [0.05, 0.1) is 13.2 Å². The molecule has 3 amide bonds. The molecule has 2 atom stereocenters. The number of hydrogen-bond acceptors (Lipinski definition) is 7. The molecule has 4 rings (SSSR count). The first-order chi connectivity index (χ1) is 15.8. The summed E-state index contributed by atoms with van der Waals surface area (Å²) in [6.07, 6.45) is -3.52. The molecule has 2 saturated heterocycles. The van der Waals surface area contributed by atoms with Crippen molar-refractivity contribution >= 4 is 40.8 Å². The molecule has 0 saturated carbocycles. The highest BCUT2D eigenvalue weighted by Crippen LogP contribution is 2.26. The van der Waals surface area contributed by atoms with Crippen molar-refractivity contribution in [3.8, 4) is 0 Å². The first-order valence-corrected chi connectivity index (χ1v) is 10.3. The van der Waals surface area contributed by atoms with E-state index < -0.39 is 30.1 Å². The monoisotopic (exact) mass is 453 g/mol. The van der Waals surface area contributed by atoms with Crippen LogP contribution in [0, 0.1) is 5.41 Å². The Balaban J connectivity index is 1.42. The second-order valence-electron chi connectivity index (χ2n) is 7.49. The molecule has 0 aromatic heterocycles. The molecule has 11 nitrogen and oxygen atoms in total. The number of anilines is 3. The van der Waals surface area contributed by atoms with Gasteiger partial charge < -0.3 is 30.5 Å². The Kier molecular flexibility index (Phi) is 6.24. The van der Waals surface area contributed by atoms with Crippen LogP contribution in [-0.2, 0) is 19.1 Å². The Morgan fingerprint density at radius 1 is 1.03 bits per heavy atom. The summed E-state index contributed by atoms with van der Waals surface area (Å²) in [6.45, 7) is 1.16. The zero-order valence-electron chi connectivity index (χ0n) is 17.6. The number of nitrogens with zero attached hydrogens (tertiary/aromatic N) is 2. The molecule has 11 heteroatoms. The molecule has 2 fully saturated rings. The summed E-state index contributed by atoms with van der Waals surface area (Å²) in [4.78, 5) is 40.1. The first-order valence-electron chi connectivity index (χ1n) is 10.3. The summed E-state index contributed by atoms with van der Waals surface area (Å²) in [7, 11) is 0. The van der Waals surface area contributed by atoms with E-state index in [1.165, 1.54) is 21.9 Å². The number of carbonyl (C=O) groups is 3. The van der Waals surface area contributed by atoms with Gasteiger partial charge in [-0.2, -0.15) is 0 Å². The molecule has 0 aliphatic carbocycles. The predicted octanol–water partition coefficient (Wildman–Crippen LogP) is 0.659. The van der Waals surface area contributed by atoms with Gasteiger partial charge >= 0.3 is 6.09 Å². The standard InChI is InChI=1S/C22H23N5O6/c23-19(24)13-1-3-14(4-2-13)25-20(29)17(28)18-21(30)26(9-11-32-18)15-5-7-16(8-6-15)27-10-12-33-22(27)31/h1-8,17-18,28H,9-12H2,(H3,23,24)(H,25,29)/t17?,18-/m1/s1. The van der Waals surface area contributed by atoms with Gasteiger partial charge in [-0.15, -0.1) is 0 Å². The van der Waals surface area contributed by atoms with E-state index in [2.05, 4.69) is 5.32 Å². The Hall–Kier alpha value is -3.96. The van der Waals surface area contributed by atoms with Gasteiger partial charge in [0.1, 0.15) is 12.4 Å². The number of amides is 3. The van der Waals surface area contributed by atoms with Crippen LogP contribution in [0.2, 0.25) is 0 Å². The molecule has 2 aromatic carbocycles. The number of carbonyl (C=O) groups excluding carboxylic acids is 3. The van der Waals surface area contributed by atoms with Gasteiger partial charge in [0.15, 0.2) is 12.2 Å². The van der Waals surface area contributed by atoms with E-state index in [4.69, 9.17) is 20.6 Å². The minimum Gasteiger partial charge on any atom is -0.447 e.